The first kappa shape index (κ1) is 8.66. The highest BCUT2D eigenvalue weighted by Gasteiger charge is 1.99. The largest absolute Gasteiger partial charge is 0.308 e. The summed E-state index contributed by atoms with van der Waals surface area (Å²) in [5.41, 5.74) is 0. The highest BCUT2D eigenvalue weighted by molar-refractivity contribution is 8.76. The topological polar surface area (TPSA) is 12.0 Å². The summed E-state index contributed by atoms with van der Waals surface area (Å²) in [7, 11) is 5.69. The van der Waals surface area contributed by atoms with Crippen molar-refractivity contribution in [1.29, 1.82) is 0 Å². The Hall–Kier alpha value is 0.660. The molecule has 1 N–H and O–H groups in total. The van der Waals surface area contributed by atoms with Crippen molar-refractivity contribution in [3.8, 4) is 0 Å². The third-order valence-electron chi connectivity index (χ3n) is 0.905. The third-order valence-corrected chi connectivity index (χ3v) is 3.17. The molecule has 0 rings (SSSR count). The number of nitrogens with one attached hydrogen (secondary N) is 1. The van der Waals surface area contributed by atoms with Gasteiger partial charge in [0.1, 0.15) is 0 Å². The fourth-order valence-electron chi connectivity index (χ4n) is 0.436. The van der Waals surface area contributed by atoms with E-state index in [9.17, 15) is 0 Å². The normalized spacial score (nSPS) is 13.9. The van der Waals surface area contributed by atoms with E-state index in [0.29, 0.717) is 5.37 Å². The van der Waals surface area contributed by atoms with Crippen molar-refractivity contribution >= 4 is 21.6 Å². The van der Waals surface area contributed by atoms with E-state index in [1.807, 2.05) is 28.6 Å². The Morgan fingerprint density at radius 2 is 2.25 bits per heavy atom. The fourth-order valence-corrected chi connectivity index (χ4v) is 2.29. The molecule has 0 saturated heterocycles. The molecule has 0 aromatic rings. The first-order valence-electron chi connectivity index (χ1n) is 2.71. The highest BCUT2D eigenvalue weighted by atomic mass is 33.1. The minimum absolute atomic E-state index is 0.630. The van der Waals surface area contributed by atoms with Crippen LogP contribution in [0.15, 0.2) is 0 Å². The zero-order valence-corrected chi connectivity index (χ0v) is 7.23. The summed E-state index contributed by atoms with van der Waals surface area (Å²) in [5, 5.41) is 3.82. The molecule has 0 amide bonds. The van der Waals surface area contributed by atoms with Gasteiger partial charge in [-0.15, -0.1) is 0 Å². The molecule has 3 heteroatoms. The summed E-state index contributed by atoms with van der Waals surface area (Å²) in [6, 6.07) is 0. The van der Waals surface area contributed by atoms with E-state index in [0.717, 1.165) is 0 Å². The molecule has 0 aromatic carbocycles. The van der Waals surface area contributed by atoms with Gasteiger partial charge in [0.05, 0.1) is 5.37 Å². The zero-order valence-electron chi connectivity index (χ0n) is 5.60. The molecule has 0 saturated carbocycles. The molecule has 0 radical (unpaired) electrons. The first-order chi connectivity index (χ1) is 3.85. The van der Waals surface area contributed by atoms with Crippen molar-refractivity contribution in [2.45, 2.75) is 18.7 Å². The summed E-state index contributed by atoms with van der Waals surface area (Å²) in [6.07, 6.45) is 3.30. The highest BCUT2D eigenvalue weighted by Crippen LogP contribution is 2.22. The molecule has 1 nitrogen and oxygen atoms in total. The van der Waals surface area contributed by atoms with Crippen molar-refractivity contribution in [3.05, 3.63) is 0 Å². The Labute approximate surface area is 59.4 Å². The summed E-state index contributed by atoms with van der Waals surface area (Å²) in [6.45, 7) is 2.18. The van der Waals surface area contributed by atoms with Crippen molar-refractivity contribution in [2.75, 3.05) is 13.3 Å². The maximum absolute atomic E-state index is 3.19. The van der Waals surface area contributed by atoms with E-state index in [2.05, 4.69) is 18.5 Å². The standard InChI is InChI=1S/C5H13NS2/c1-4-5(6-2)8-7-3/h5-6H,4H2,1-3H3. The first-order valence-corrected chi connectivity index (χ1v) is 5.34. The molecule has 0 aliphatic heterocycles. The fraction of sp³-hybridized carbons (Fsp3) is 1.00. The molecule has 0 aliphatic carbocycles. The van der Waals surface area contributed by atoms with Crippen LogP contribution in [0.25, 0.3) is 0 Å². The van der Waals surface area contributed by atoms with Gasteiger partial charge in [0.15, 0.2) is 0 Å². The van der Waals surface area contributed by atoms with Gasteiger partial charge in [-0.25, -0.2) is 0 Å². The molecule has 1 atom stereocenters. The van der Waals surface area contributed by atoms with Gasteiger partial charge < -0.3 is 5.32 Å². The van der Waals surface area contributed by atoms with Crippen LogP contribution in [-0.2, 0) is 0 Å². The van der Waals surface area contributed by atoms with Gasteiger partial charge in [0, 0.05) is 0 Å². The van der Waals surface area contributed by atoms with Crippen molar-refractivity contribution in [2.24, 2.45) is 0 Å². The van der Waals surface area contributed by atoms with Crippen LogP contribution in [0.4, 0.5) is 0 Å². The molecule has 0 spiro atoms. The number of rotatable bonds is 4. The Morgan fingerprint density at radius 3 is 2.38 bits per heavy atom. The average molecular weight is 151 g/mol. The van der Waals surface area contributed by atoms with Crippen molar-refractivity contribution < 1.29 is 0 Å². The second-order valence-electron chi connectivity index (χ2n) is 1.45. The second-order valence-corrected chi connectivity index (χ2v) is 4.12. The second kappa shape index (κ2) is 5.79. The van der Waals surface area contributed by atoms with E-state index in [-0.39, 0.29) is 0 Å². The maximum Gasteiger partial charge on any atom is 0.0631 e. The smallest absolute Gasteiger partial charge is 0.0631 e. The number of hydrogen-bond acceptors (Lipinski definition) is 3. The molecule has 0 bridgehead atoms. The van der Waals surface area contributed by atoms with Gasteiger partial charge in [-0.3, -0.25) is 0 Å². The predicted octanol–water partition coefficient (Wildman–Crippen LogP) is 1.95. The van der Waals surface area contributed by atoms with Gasteiger partial charge >= 0.3 is 0 Å². The lowest BCUT2D eigenvalue weighted by atomic mass is 10.5. The monoisotopic (exact) mass is 151 g/mol. The lowest BCUT2D eigenvalue weighted by Gasteiger charge is -2.09. The van der Waals surface area contributed by atoms with Gasteiger partial charge in [0.25, 0.3) is 0 Å². The Balaban J connectivity index is 3.07. The lowest BCUT2D eigenvalue weighted by Crippen LogP contribution is -2.18. The van der Waals surface area contributed by atoms with Crippen LogP contribution < -0.4 is 5.32 Å². The minimum atomic E-state index is 0.630. The molecular weight excluding hydrogens is 138 g/mol. The SMILES string of the molecule is CCC(NC)SSC. The van der Waals surface area contributed by atoms with Crippen LogP contribution >= 0.6 is 21.6 Å². The Kier molecular flexibility index (Phi) is 6.27. The Morgan fingerprint density at radius 1 is 1.62 bits per heavy atom. The van der Waals surface area contributed by atoms with E-state index in [1.54, 1.807) is 0 Å². The summed E-state index contributed by atoms with van der Waals surface area (Å²) < 4.78 is 0. The van der Waals surface area contributed by atoms with Crippen LogP contribution in [-0.4, -0.2) is 18.7 Å². The molecule has 50 valence electrons. The van der Waals surface area contributed by atoms with Gasteiger partial charge in [-0.05, 0) is 19.7 Å². The van der Waals surface area contributed by atoms with Crippen molar-refractivity contribution in [1.82, 2.24) is 5.32 Å². The quantitative estimate of drug-likeness (QED) is 0.487. The average Bonchev–Trinajstić information content (AvgIpc) is 1.83. The molecule has 0 fully saturated rings. The van der Waals surface area contributed by atoms with E-state index < -0.39 is 0 Å². The molecule has 1 unspecified atom stereocenters. The van der Waals surface area contributed by atoms with Crippen LogP contribution in [0.1, 0.15) is 13.3 Å². The predicted molar refractivity (Wildman–Crippen MR) is 44.2 cm³/mol. The molecule has 0 heterocycles. The zero-order chi connectivity index (χ0) is 6.41. The maximum atomic E-state index is 3.19. The van der Waals surface area contributed by atoms with Crippen LogP contribution in [0.2, 0.25) is 0 Å². The molecule has 0 aliphatic rings. The van der Waals surface area contributed by atoms with Gasteiger partial charge in [-0.2, -0.15) is 0 Å². The summed E-state index contributed by atoms with van der Waals surface area (Å²) in [4.78, 5) is 0. The van der Waals surface area contributed by atoms with Crippen LogP contribution in [0.3, 0.4) is 0 Å². The van der Waals surface area contributed by atoms with Crippen LogP contribution in [0.5, 0.6) is 0 Å². The van der Waals surface area contributed by atoms with E-state index in [4.69, 9.17) is 0 Å². The summed E-state index contributed by atoms with van der Waals surface area (Å²) in [5.74, 6) is 0. The van der Waals surface area contributed by atoms with E-state index in [1.165, 1.54) is 6.42 Å². The molecule has 8 heavy (non-hydrogen) atoms. The van der Waals surface area contributed by atoms with E-state index >= 15 is 0 Å². The van der Waals surface area contributed by atoms with Gasteiger partial charge in [0.2, 0.25) is 0 Å². The van der Waals surface area contributed by atoms with Crippen molar-refractivity contribution in [3.63, 3.8) is 0 Å². The Bertz CT molecular complexity index is 45.7. The van der Waals surface area contributed by atoms with Crippen LogP contribution in [0, 0.1) is 0 Å². The van der Waals surface area contributed by atoms with Gasteiger partial charge in [-0.1, -0.05) is 28.5 Å². The molecule has 0 aromatic heterocycles. The number of hydrogen-bond donors (Lipinski definition) is 1. The summed E-state index contributed by atoms with van der Waals surface area (Å²) >= 11 is 0. The minimum Gasteiger partial charge on any atom is -0.308 e. The third kappa shape index (κ3) is 3.64. The lowest BCUT2D eigenvalue weighted by molar-refractivity contribution is 0.722. The molecular formula is C5H13NS2.